The minimum absolute atomic E-state index is 0.00157. The third-order valence-electron chi connectivity index (χ3n) is 4.69. The Morgan fingerprint density at radius 1 is 1.32 bits per heavy atom. The second-order valence-electron chi connectivity index (χ2n) is 6.30. The fourth-order valence-corrected chi connectivity index (χ4v) is 4.40. The van der Waals surface area contributed by atoms with Gasteiger partial charge in [0.1, 0.15) is 5.65 Å². The van der Waals surface area contributed by atoms with E-state index in [1.165, 1.54) is 10.8 Å². The summed E-state index contributed by atoms with van der Waals surface area (Å²) in [6.45, 7) is 2.43. The third kappa shape index (κ3) is 2.55. The van der Waals surface area contributed by atoms with E-state index in [0.717, 1.165) is 11.3 Å². The quantitative estimate of drug-likeness (QED) is 0.782. The third-order valence-corrected chi connectivity index (χ3v) is 5.73. The molecule has 0 unspecified atom stereocenters. The molecule has 7 heteroatoms. The second kappa shape index (κ2) is 6.07. The van der Waals surface area contributed by atoms with Crippen LogP contribution in [-0.2, 0) is 13.0 Å². The summed E-state index contributed by atoms with van der Waals surface area (Å²) in [4.78, 5) is 45.1. The number of rotatable bonds is 3. The van der Waals surface area contributed by atoms with Crippen LogP contribution in [0.2, 0.25) is 0 Å². The molecule has 0 amide bonds. The molecule has 6 nitrogen and oxygen atoms in total. The van der Waals surface area contributed by atoms with Gasteiger partial charge in [0.25, 0.3) is 5.56 Å². The fourth-order valence-electron chi connectivity index (χ4n) is 3.56. The maximum Gasteiger partial charge on any atom is 0.329 e. The van der Waals surface area contributed by atoms with Crippen molar-refractivity contribution in [1.82, 2.24) is 14.5 Å². The first-order chi connectivity index (χ1) is 12.1. The van der Waals surface area contributed by atoms with E-state index in [1.54, 1.807) is 11.3 Å². The van der Waals surface area contributed by atoms with Crippen LogP contribution in [0.1, 0.15) is 46.5 Å². The van der Waals surface area contributed by atoms with Crippen molar-refractivity contribution >= 4 is 28.2 Å². The number of nitrogens with one attached hydrogen (secondary N) is 1. The molecule has 0 saturated carbocycles. The van der Waals surface area contributed by atoms with E-state index in [4.69, 9.17) is 0 Å². The fraction of sp³-hybridized carbons (Fsp3) is 0.333. The summed E-state index contributed by atoms with van der Waals surface area (Å²) in [5.41, 5.74) is 0.673. The first kappa shape index (κ1) is 16.0. The number of fused-ring (bicyclic) bond motifs is 3. The lowest BCUT2D eigenvalue weighted by Crippen LogP contribution is -2.32. The summed E-state index contributed by atoms with van der Waals surface area (Å²) in [5.74, 6) is 0.0678. The molecule has 1 N–H and O–H groups in total. The molecule has 4 rings (SSSR count). The van der Waals surface area contributed by atoms with Gasteiger partial charge in [-0.1, -0.05) is 13.0 Å². The normalized spacial score (nSPS) is 17.0. The van der Waals surface area contributed by atoms with Gasteiger partial charge in [0.15, 0.2) is 5.78 Å². The van der Waals surface area contributed by atoms with Gasteiger partial charge in [0.2, 0.25) is 0 Å². The van der Waals surface area contributed by atoms with Crippen LogP contribution in [0.3, 0.4) is 0 Å². The molecule has 3 heterocycles. The van der Waals surface area contributed by atoms with Gasteiger partial charge in [-0.15, -0.1) is 11.3 Å². The van der Waals surface area contributed by atoms with Crippen molar-refractivity contribution in [2.45, 2.75) is 38.6 Å². The van der Waals surface area contributed by atoms with Crippen LogP contribution in [0.5, 0.6) is 0 Å². The van der Waals surface area contributed by atoms with Crippen LogP contribution in [0.4, 0.5) is 0 Å². The molecule has 0 fully saturated rings. The molecule has 0 spiro atoms. The molecule has 0 bridgehead atoms. The largest absolute Gasteiger partial charge is 0.329 e. The van der Waals surface area contributed by atoms with Crippen LogP contribution >= 0.6 is 11.3 Å². The minimum Gasteiger partial charge on any atom is -0.294 e. The number of carbonyl (C=O) groups is 1. The Bertz CT molecular complexity index is 1080. The Hall–Kier alpha value is -2.54. The van der Waals surface area contributed by atoms with Crippen molar-refractivity contribution in [3.05, 3.63) is 60.6 Å². The monoisotopic (exact) mass is 355 g/mol. The van der Waals surface area contributed by atoms with Gasteiger partial charge in [-0.25, -0.2) is 9.78 Å². The Morgan fingerprint density at radius 3 is 2.88 bits per heavy atom. The number of aromatic amines is 1. The lowest BCUT2D eigenvalue weighted by atomic mass is 9.82. The van der Waals surface area contributed by atoms with Gasteiger partial charge < -0.3 is 0 Å². The van der Waals surface area contributed by atoms with Crippen LogP contribution in [0.15, 0.2) is 33.3 Å². The number of hydrogen-bond donors (Lipinski definition) is 1. The maximum absolute atomic E-state index is 12.6. The predicted molar refractivity (Wildman–Crippen MR) is 96.6 cm³/mol. The van der Waals surface area contributed by atoms with Crippen molar-refractivity contribution in [3.8, 4) is 0 Å². The molecule has 1 atom stereocenters. The predicted octanol–water partition coefficient (Wildman–Crippen LogP) is 2.47. The Kier molecular flexibility index (Phi) is 3.88. The number of aromatic nitrogens is 3. The first-order valence-corrected chi connectivity index (χ1v) is 9.19. The number of ketones is 1. The number of thiophene rings is 1. The number of hydrogen-bond acceptors (Lipinski definition) is 5. The second-order valence-corrected chi connectivity index (χ2v) is 7.28. The summed E-state index contributed by atoms with van der Waals surface area (Å²) in [6.07, 6.45) is 3.30. The Balaban J connectivity index is 1.98. The van der Waals surface area contributed by atoms with Crippen LogP contribution in [0.25, 0.3) is 11.0 Å². The van der Waals surface area contributed by atoms with Gasteiger partial charge in [-0.05, 0) is 29.9 Å². The molecule has 1 aliphatic rings. The summed E-state index contributed by atoms with van der Waals surface area (Å²) in [5, 5.41) is 2.37. The van der Waals surface area contributed by atoms with E-state index in [2.05, 4.69) is 9.97 Å². The van der Waals surface area contributed by atoms with E-state index in [1.807, 2.05) is 24.4 Å². The number of aryl methyl sites for hydroxylation is 1. The maximum atomic E-state index is 12.6. The standard InChI is InChI=1S/C18H17N3O3S/c1-2-5-21-16-15(17(23)20-18(21)24)11-7-10(14-4-3-6-25-14)8-13(22)12(11)9-19-16/h3-4,6,9-10H,2,5,7-8H2,1H3,(H,20,23,24)/t10-/m0/s1. The zero-order valence-electron chi connectivity index (χ0n) is 13.7. The Morgan fingerprint density at radius 2 is 2.16 bits per heavy atom. The molecule has 25 heavy (non-hydrogen) atoms. The van der Waals surface area contributed by atoms with Crippen molar-refractivity contribution in [2.24, 2.45) is 0 Å². The smallest absolute Gasteiger partial charge is 0.294 e. The highest BCUT2D eigenvalue weighted by molar-refractivity contribution is 7.10. The average Bonchev–Trinajstić information content (AvgIpc) is 3.12. The number of carbonyl (C=O) groups excluding carboxylic acids is 1. The summed E-state index contributed by atoms with van der Waals surface area (Å²) in [6, 6.07) is 3.99. The highest BCUT2D eigenvalue weighted by Gasteiger charge is 2.30. The molecule has 0 aliphatic heterocycles. The van der Waals surface area contributed by atoms with Gasteiger partial charge in [-0.2, -0.15) is 0 Å². The Labute approximate surface area is 147 Å². The van der Waals surface area contributed by atoms with Gasteiger partial charge in [0, 0.05) is 35.5 Å². The molecule has 3 aromatic rings. The van der Waals surface area contributed by atoms with Gasteiger partial charge in [-0.3, -0.25) is 19.1 Å². The van der Waals surface area contributed by atoms with Crippen LogP contribution in [-0.4, -0.2) is 20.3 Å². The summed E-state index contributed by atoms with van der Waals surface area (Å²) >= 11 is 1.62. The SMILES string of the molecule is CCCn1c(=O)[nH]c(=O)c2c3c(cnc21)C(=O)C[C@@H](c1cccs1)C3. The first-order valence-electron chi connectivity index (χ1n) is 8.31. The molecule has 128 valence electrons. The van der Waals surface area contributed by atoms with Crippen molar-refractivity contribution in [2.75, 3.05) is 0 Å². The molecule has 3 aromatic heterocycles. The number of Topliss-reactive ketones (excluding diaryl/α,β-unsaturated/α-hetero) is 1. The lowest BCUT2D eigenvalue weighted by molar-refractivity contribution is 0.0964. The topological polar surface area (TPSA) is 84.8 Å². The van der Waals surface area contributed by atoms with E-state index in [-0.39, 0.29) is 11.7 Å². The van der Waals surface area contributed by atoms with E-state index in [9.17, 15) is 14.4 Å². The molecule has 1 aliphatic carbocycles. The zero-order valence-corrected chi connectivity index (χ0v) is 14.6. The molecule has 0 radical (unpaired) electrons. The molecular weight excluding hydrogens is 338 g/mol. The van der Waals surface area contributed by atoms with E-state index < -0.39 is 11.2 Å². The molecular formula is C18H17N3O3S. The highest BCUT2D eigenvalue weighted by atomic mass is 32.1. The summed E-state index contributed by atoms with van der Waals surface area (Å²) < 4.78 is 1.48. The van der Waals surface area contributed by atoms with E-state index in [0.29, 0.717) is 41.5 Å². The van der Waals surface area contributed by atoms with E-state index >= 15 is 0 Å². The average molecular weight is 355 g/mol. The lowest BCUT2D eigenvalue weighted by Gasteiger charge is -2.24. The molecule has 0 aromatic carbocycles. The van der Waals surface area contributed by atoms with Gasteiger partial charge >= 0.3 is 5.69 Å². The highest BCUT2D eigenvalue weighted by Crippen LogP contribution is 2.36. The zero-order chi connectivity index (χ0) is 17.6. The number of pyridine rings is 1. The van der Waals surface area contributed by atoms with Crippen molar-refractivity contribution in [1.29, 1.82) is 0 Å². The van der Waals surface area contributed by atoms with Crippen molar-refractivity contribution in [3.63, 3.8) is 0 Å². The van der Waals surface area contributed by atoms with Crippen molar-refractivity contribution < 1.29 is 4.79 Å². The molecule has 0 saturated heterocycles. The van der Waals surface area contributed by atoms with Gasteiger partial charge in [0.05, 0.1) is 5.39 Å². The summed E-state index contributed by atoms with van der Waals surface area (Å²) in [7, 11) is 0. The number of nitrogens with zero attached hydrogens (tertiary/aromatic N) is 2. The van der Waals surface area contributed by atoms with Crippen LogP contribution in [0, 0.1) is 0 Å². The van der Waals surface area contributed by atoms with Crippen LogP contribution < -0.4 is 11.2 Å². The minimum atomic E-state index is -0.462. The number of H-pyrrole nitrogens is 1.